The molecule has 0 aromatic heterocycles. The number of benzene rings is 2. The summed E-state index contributed by atoms with van der Waals surface area (Å²) in [6.07, 6.45) is 0. The first-order valence-corrected chi connectivity index (χ1v) is 6.29. The van der Waals surface area contributed by atoms with Gasteiger partial charge in [0.05, 0.1) is 7.11 Å². The Kier molecular flexibility index (Phi) is 4.42. The van der Waals surface area contributed by atoms with Gasteiger partial charge < -0.3 is 14.8 Å². The highest BCUT2D eigenvalue weighted by Crippen LogP contribution is 2.27. The lowest BCUT2D eigenvalue weighted by Crippen LogP contribution is -2.06. The van der Waals surface area contributed by atoms with Crippen LogP contribution in [0.1, 0.15) is 11.1 Å². The van der Waals surface area contributed by atoms with Gasteiger partial charge in [-0.1, -0.05) is 17.7 Å². The van der Waals surface area contributed by atoms with Gasteiger partial charge in [0.2, 0.25) is 0 Å². The van der Waals surface area contributed by atoms with Crippen LogP contribution in [-0.4, -0.2) is 14.2 Å². The summed E-state index contributed by atoms with van der Waals surface area (Å²) in [6, 6.07) is 13.8. The fourth-order valence-corrected chi connectivity index (χ4v) is 1.91. The maximum absolute atomic E-state index is 5.92. The summed E-state index contributed by atoms with van der Waals surface area (Å²) in [4.78, 5) is 0. The van der Waals surface area contributed by atoms with Gasteiger partial charge in [0.15, 0.2) is 0 Å². The van der Waals surface area contributed by atoms with Gasteiger partial charge in [-0.3, -0.25) is 0 Å². The molecular formula is C16H19NO2. The van der Waals surface area contributed by atoms with Gasteiger partial charge in [-0.2, -0.15) is 0 Å². The summed E-state index contributed by atoms with van der Waals surface area (Å²) in [5.41, 5.74) is 2.38. The van der Waals surface area contributed by atoms with Crippen molar-refractivity contribution < 1.29 is 9.47 Å². The van der Waals surface area contributed by atoms with Gasteiger partial charge in [0.25, 0.3) is 0 Å². The number of ether oxygens (including phenoxy) is 2. The van der Waals surface area contributed by atoms with Gasteiger partial charge in [-0.05, 0) is 44.3 Å². The fraction of sp³-hybridized carbons (Fsp3) is 0.250. The highest BCUT2D eigenvalue weighted by atomic mass is 16.5. The van der Waals surface area contributed by atoms with Gasteiger partial charge in [-0.25, -0.2) is 0 Å². The summed E-state index contributed by atoms with van der Waals surface area (Å²) in [7, 11) is 3.58. The summed E-state index contributed by atoms with van der Waals surface area (Å²) in [6.45, 7) is 2.86. The van der Waals surface area contributed by atoms with Crippen molar-refractivity contribution in [1.29, 1.82) is 0 Å². The zero-order valence-corrected chi connectivity index (χ0v) is 11.6. The molecule has 2 aromatic rings. The first kappa shape index (κ1) is 13.4. The summed E-state index contributed by atoms with van der Waals surface area (Å²) < 4.78 is 11.1. The van der Waals surface area contributed by atoms with Crippen LogP contribution in [0.2, 0.25) is 0 Å². The summed E-state index contributed by atoms with van der Waals surface area (Å²) in [5.74, 6) is 2.51. The molecule has 0 saturated carbocycles. The van der Waals surface area contributed by atoms with Crippen LogP contribution in [0.3, 0.4) is 0 Å². The van der Waals surface area contributed by atoms with Crippen LogP contribution in [0.25, 0.3) is 0 Å². The van der Waals surface area contributed by atoms with Crippen LogP contribution >= 0.6 is 0 Å². The molecule has 0 radical (unpaired) electrons. The minimum Gasteiger partial charge on any atom is -0.497 e. The molecule has 1 N–H and O–H groups in total. The van der Waals surface area contributed by atoms with Crippen LogP contribution in [0, 0.1) is 6.92 Å². The number of hydrogen-bond donors (Lipinski definition) is 1. The van der Waals surface area contributed by atoms with E-state index in [2.05, 4.69) is 24.4 Å². The molecule has 3 nitrogen and oxygen atoms in total. The van der Waals surface area contributed by atoms with Gasteiger partial charge in [-0.15, -0.1) is 0 Å². The molecule has 0 heterocycles. The van der Waals surface area contributed by atoms with Crippen LogP contribution in [0.5, 0.6) is 17.2 Å². The Morgan fingerprint density at radius 1 is 1.00 bits per heavy atom. The lowest BCUT2D eigenvalue weighted by Gasteiger charge is -2.12. The second-order valence-electron chi connectivity index (χ2n) is 4.42. The number of hydrogen-bond acceptors (Lipinski definition) is 3. The average molecular weight is 257 g/mol. The standard InChI is InChI=1S/C16H19NO2/c1-12-4-9-16(13(10-12)11-17-2)19-15-7-5-14(18-3)6-8-15/h4-10,17H,11H2,1-3H3. The van der Waals surface area contributed by atoms with Crippen LogP contribution in [-0.2, 0) is 6.54 Å². The van der Waals surface area contributed by atoms with E-state index < -0.39 is 0 Å². The van der Waals surface area contributed by atoms with Crippen LogP contribution in [0.15, 0.2) is 42.5 Å². The lowest BCUT2D eigenvalue weighted by atomic mass is 10.1. The molecule has 100 valence electrons. The van der Waals surface area contributed by atoms with E-state index in [1.165, 1.54) is 5.56 Å². The van der Waals surface area contributed by atoms with Crippen molar-refractivity contribution in [3.05, 3.63) is 53.6 Å². The van der Waals surface area contributed by atoms with Crippen molar-refractivity contribution >= 4 is 0 Å². The maximum Gasteiger partial charge on any atom is 0.131 e. The molecule has 0 fully saturated rings. The Morgan fingerprint density at radius 3 is 2.32 bits per heavy atom. The molecule has 2 rings (SSSR count). The molecule has 0 bridgehead atoms. The molecule has 0 aliphatic rings. The van der Waals surface area contributed by atoms with E-state index in [0.29, 0.717) is 0 Å². The molecule has 19 heavy (non-hydrogen) atoms. The van der Waals surface area contributed by atoms with E-state index in [4.69, 9.17) is 9.47 Å². The third-order valence-corrected chi connectivity index (χ3v) is 2.87. The van der Waals surface area contributed by atoms with E-state index >= 15 is 0 Å². The van der Waals surface area contributed by atoms with Crippen LogP contribution < -0.4 is 14.8 Å². The highest BCUT2D eigenvalue weighted by molar-refractivity contribution is 5.41. The zero-order valence-electron chi connectivity index (χ0n) is 11.6. The van der Waals surface area contributed by atoms with Crippen molar-refractivity contribution in [3.8, 4) is 17.2 Å². The molecule has 3 heteroatoms. The van der Waals surface area contributed by atoms with E-state index in [1.807, 2.05) is 37.4 Å². The molecule has 2 aromatic carbocycles. The number of methoxy groups -OCH3 is 1. The number of rotatable bonds is 5. The fourth-order valence-electron chi connectivity index (χ4n) is 1.91. The van der Waals surface area contributed by atoms with E-state index in [0.717, 1.165) is 29.4 Å². The van der Waals surface area contributed by atoms with Crippen molar-refractivity contribution in [2.24, 2.45) is 0 Å². The largest absolute Gasteiger partial charge is 0.497 e. The Bertz CT molecular complexity index is 535. The van der Waals surface area contributed by atoms with Crippen molar-refractivity contribution in [2.45, 2.75) is 13.5 Å². The molecule has 0 aliphatic carbocycles. The van der Waals surface area contributed by atoms with E-state index in [1.54, 1.807) is 7.11 Å². The van der Waals surface area contributed by atoms with Crippen LogP contribution in [0.4, 0.5) is 0 Å². The average Bonchev–Trinajstić information content (AvgIpc) is 2.43. The van der Waals surface area contributed by atoms with Gasteiger partial charge >= 0.3 is 0 Å². The Balaban J connectivity index is 2.21. The first-order chi connectivity index (χ1) is 9.22. The van der Waals surface area contributed by atoms with E-state index in [-0.39, 0.29) is 0 Å². The number of aryl methyl sites for hydroxylation is 1. The number of nitrogens with one attached hydrogen (secondary N) is 1. The Labute approximate surface area is 114 Å². The van der Waals surface area contributed by atoms with E-state index in [9.17, 15) is 0 Å². The smallest absolute Gasteiger partial charge is 0.131 e. The Hall–Kier alpha value is -2.00. The predicted octanol–water partition coefficient (Wildman–Crippen LogP) is 3.52. The van der Waals surface area contributed by atoms with Gasteiger partial charge in [0, 0.05) is 12.1 Å². The highest BCUT2D eigenvalue weighted by Gasteiger charge is 2.05. The quantitative estimate of drug-likeness (QED) is 0.889. The maximum atomic E-state index is 5.92. The molecule has 0 amide bonds. The SMILES string of the molecule is CNCc1cc(C)ccc1Oc1ccc(OC)cc1. The third-order valence-electron chi connectivity index (χ3n) is 2.87. The summed E-state index contributed by atoms with van der Waals surface area (Å²) in [5, 5.41) is 3.16. The summed E-state index contributed by atoms with van der Waals surface area (Å²) >= 11 is 0. The molecule has 0 aliphatic heterocycles. The second kappa shape index (κ2) is 6.25. The van der Waals surface area contributed by atoms with Crippen molar-refractivity contribution in [2.75, 3.05) is 14.2 Å². The van der Waals surface area contributed by atoms with Crippen molar-refractivity contribution in [3.63, 3.8) is 0 Å². The van der Waals surface area contributed by atoms with Gasteiger partial charge in [0.1, 0.15) is 17.2 Å². The zero-order chi connectivity index (χ0) is 13.7. The predicted molar refractivity (Wildman–Crippen MR) is 77.0 cm³/mol. The molecule has 0 spiro atoms. The molecule has 0 saturated heterocycles. The molecule has 0 atom stereocenters. The third kappa shape index (κ3) is 3.48. The monoisotopic (exact) mass is 257 g/mol. The lowest BCUT2D eigenvalue weighted by molar-refractivity contribution is 0.412. The Morgan fingerprint density at radius 2 is 1.68 bits per heavy atom. The minimum atomic E-state index is 0.785. The van der Waals surface area contributed by atoms with Crippen molar-refractivity contribution in [1.82, 2.24) is 5.32 Å². The second-order valence-corrected chi connectivity index (χ2v) is 4.42. The normalized spacial score (nSPS) is 10.3. The first-order valence-electron chi connectivity index (χ1n) is 6.29. The minimum absolute atomic E-state index is 0.785. The topological polar surface area (TPSA) is 30.5 Å². The molecular weight excluding hydrogens is 238 g/mol. The molecule has 0 unspecified atom stereocenters.